The smallest absolute Gasteiger partial charge is 0.169 e. The first-order valence-corrected chi connectivity index (χ1v) is 8.48. The lowest BCUT2D eigenvalue weighted by Crippen LogP contribution is -2.24. The Bertz CT molecular complexity index is 886. The number of phenolic OH excluding ortho intramolecular Hbond substituents is 2. The van der Waals surface area contributed by atoms with E-state index in [1.165, 1.54) is 44.6 Å². The van der Waals surface area contributed by atoms with Gasteiger partial charge < -0.3 is 24.8 Å². The van der Waals surface area contributed by atoms with Gasteiger partial charge in [-0.1, -0.05) is 18.2 Å². The van der Waals surface area contributed by atoms with Crippen LogP contribution in [-0.2, 0) is 16.0 Å². The Balaban J connectivity index is 1.95. The molecule has 0 amide bonds. The number of benzene rings is 2. The Labute approximate surface area is 162 Å². The molecular weight excluding hydrogens is 364 g/mol. The normalized spacial score (nSPS) is 12.0. The van der Waals surface area contributed by atoms with Crippen molar-refractivity contribution in [3.05, 3.63) is 53.6 Å². The predicted molar refractivity (Wildman–Crippen MR) is 103 cm³/mol. The summed E-state index contributed by atoms with van der Waals surface area (Å²) in [6.07, 6.45) is 0.943. The van der Waals surface area contributed by atoms with Crippen LogP contribution in [0.2, 0.25) is 0 Å². The van der Waals surface area contributed by atoms with Gasteiger partial charge in [0.25, 0.3) is 0 Å². The van der Waals surface area contributed by atoms with Gasteiger partial charge in [0.15, 0.2) is 34.6 Å². The van der Waals surface area contributed by atoms with Gasteiger partial charge >= 0.3 is 0 Å². The van der Waals surface area contributed by atoms with E-state index in [9.17, 15) is 24.9 Å². The van der Waals surface area contributed by atoms with Gasteiger partial charge in [-0.3, -0.25) is 9.59 Å². The van der Waals surface area contributed by atoms with Gasteiger partial charge in [-0.2, -0.15) is 0 Å². The number of Topliss-reactive ketones (excluding diaryl/α,β-unsaturated/α-hetero) is 1. The van der Waals surface area contributed by atoms with Crippen LogP contribution in [0.4, 0.5) is 0 Å². The van der Waals surface area contributed by atoms with E-state index < -0.39 is 24.1 Å². The molecule has 148 valence electrons. The van der Waals surface area contributed by atoms with Gasteiger partial charge in [-0.25, -0.2) is 0 Å². The first kappa shape index (κ1) is 21.0. The quantitative estimate of drug-likeness (QED) is 0.447. The molecule has 0 bridgehead atoms. The molecule has 2 aromatic carbocycles. The summed E-state index contributed by atoms with van der Waals surface area (Å²) in [5.74, 6) is -0.622. The highest BCUT2D eigenvalue weighted by Gasteiger charge is 2.18. The van der Waals surface area contributed by atoms with E-state index in [4.69, 9.17) is 9.47 Å². The fraction of sp³-hybridized carbons (Fsp3) is 0.238. The number of aliphatic hydroxyl groups excluding tert-OH is 1. The maximum Gasteiger partial charge on any atom is 0.169 e. The second-order valence-corrected chi connectivity index (χ2v) is 6.10. The van der Waals surface area contributed by atoms with Gasteiger partial charge in [0.05, 0.1) is 20.6 Å². The number of aliphatic hydroxyl groups is 1. The van der Waals surface area contributed by atoms with Crippen molar-refractivity contribution < 1.29 is 34.4 Å². The van der Waals surface area contributed by atoms with Crippen LogP contribution in [0, 0.1) is 0 Å². The molecule has 7 nitrogen and oxygen atoms in total. The summed E-state index contributed by atoms with van der Waals surface area (Å²) in [5.41, 5.74) is 1.21. The summed E-state index contributed by atoms with van der Waals surface area (Å²) in [7, 11) is 2.81. The first-order valence-electron chi connectivity index (χ1n) is 8.48. The lowest BCUT2D eigenvalue weighted by molar-refractivity contribution is -0.130. The highest BCUT2D eigenvalue weighted by atomic mass is 16.5. The van der Waals surface area contributed by atoms with Crippen LogP contribution in [0.3, 0.4) is 0 Å². The molecule has 1 unspecified atom stereocenters. The minimum Gasteiger partial charge on any atom is -0.504 e. The van der Waals surface area contributed by atoms with Gasteiger partial charge in [-0.05, 0) is 41.5 Å². The summed E-state index contributed by atoms with van der Waals surface area (Å²) in [4.78, 5) is 24.1. The zero-order valence-electron chi connectivity index (χ0n) is 15.6. The third-order valence-electron chi connectivity index (χ3n) is 4.06. The Kier molecular flexibility index (Phi) is 7.17. The number of rotatable bonds is 9. The number of phenols is 2. The SMILES string of the molecule is COc1cc(/C=C/C(=O)CC(=O)C(O)Cc2ccc(O)c(OC)c2)ccc1O. The Hall–Kier alpha value is -3.32. The number of hydrogen-bond acceptors (Lipinski definition) is 7. The van der Waals surface area contributed by atoms with E-state index in [1.807, 2.05) is 0 Å². The van der Waals surface area contributed by atoms with Crippen molar-refractivity contribution in [2.24, 2.45) is 0 Å². The van der Waals surface area contributed by atoms with Crippen molar-refractivity contribution in [2.75, 3.05) is 14.2 Å². The van der Waals surface area contributed by atoms with Crippen LogP contribution in [0.5, 0.6) is 23.0 Å². The average Bonchev–Trinajstić information content (AvgIpc) is 2.68. The molecule has 1 atom stereocenters. The molecule has 0 spiro atoms. The van der Waals surface area contributed by atoms with Crippen molar-refractivity contribution >= 4 is 17.6 Å². The Morgan fingerprint density at radius 3 is 2.25 bits per heavy atom. The number of ketones is 2. The number of ether oxygens (including phenoxy) is 2. The molecule has 0 aliphatic heterocycles. The van der Waals surface area contributed by atoms with Gasteiger partial charge in [0.1, 0.15) is 6.10 Å². The molecule has 0 heterocycles. The van der Waals surface area contributed by atoms with E-state index >= 15 is 0 Å². The maximum absolute atomic E-state index is 12.1. The van der Waals surface area contributed by atoms with Crippen LogP contribution >= 0.6 is 0 Å². The molecule has 0 aliphatic rings. The standard InChI is InChI=1S/C21H22O7/c1-27-20-10-13(4-7-16(20)23)3-6-15(22)12-19(26)18(25)9-14-5-8-17(24)21(11-14)28-2/h3-8,10-11,18,23-25H,9,12H2,1-2H3/b6-3+. The Morgan fingerprint density at radius 2 is 1.61 bits per heavy atom. The van der Waals surface area contributed by atoms with Crippen molar-refractivity contribution in [3.63, 3.8) is 0 Å². The van der Waals surface area contributed by atoms with Crippen LogP contribution in [0.15, 0.2) is 42.5 Å². The highest BCUT2D eigenvalue weighted by Crippen LogP contribution is 2.27. The zero-order chi connectivity index (χ0) is 20.7. The highest BCUT2D eigenvalue weighted by molar-refractivity contribution is 6.07. The van der Waals surface area contributed by atoms with Crippen molar-refractivity contribution in [3.8, 4) is 23.0 Å². The number of aromatic hydroxyl groups is 2. The van der Waals surface area contributed by atoms with Crippen molar-refractivity contribution in [1.82, 2.24) is 0 Å². The fourth-order valence-corrected chi connectivity index (χ4v) is 2.52. The van der Waals surface area contributed by atoms with E-state index in [0.29, 0.717) is 11.1 Å². The third kappa shape index (κ3) is 5.59. The minimum atomic E-state index is -1.35. The Morgan fingerprint density at radius 1 is 1.00 bits per heavy atom. The third-order valence-corrected chi connectivity index (χ3v) is 4.06. The summed E-state index contributed by atoms with van der Waals surface area (Å²) in [6.45, 7) is 0. The number of methoxy groups -OCH3 is 2. The minimum absolute atomic E-state index is 0.00162. The molecule has 0 fully saturated rings. The van der Waals surface area contributed by atoms with E-state index in [-0.39, 0.29) is 29.4 Å². The van der Waals surface area contributed by atoms with E-state index in [2.05, 4.69) is 0 Å². The van der Waals surface area contributed by atoms with Crippen LogP contribution < -0.4 is 9.47 Å². The number of allylic oxidation sites excluding steroid dienone is 1. The lowest BCUT2D eigenvalue weighted by Gasteiger charge is -2.10. The van der Waals surface area contributed by atoms with Crippen LogP contribution in [0.25, 0.3) is 6.08 Å². The molecule has 0 aromatic heterocycles. The second-order valence-electron chi connectivity index (χ2n) is 6.10. The molecule has 7 heteroatoms. The van der Waals surface area contributed by atoms with Gasteiger partial charge in [0.2, 0.25) is 0 Å². The summed E-state index contributed by atoms with van der Waals surface area (Å²) >= 11 is 0. The topological polar surface area (TPSA) is 113 Å². The maximum atomic E-state index is 12.1. The van der Waals surface area contributed by atoms with Crippen LogP contribution in [0.1, 0.15) is 17.5 Å². The molecule has 0 saturated heterocycles. The second kappa shape index (κ2) is 9.57. The van der Waals surface area contributed by atoms with E-state index in [1.54, 1.807) is 18.2 Å². The van der Waals surface area contributed by atoms with Crippen molar-refractivity contribution in [1.29, 1.82) is 0 Å². The van der Waals surface area contributed by atoms with Gasteiger partial charge in [0, 0.05) is 6.42 Å². The fourth-order valence-electron chi connectivity index (χ4n) is 2.52. The molecule has 2 rings (SSSR count). The number of hydrogen-bond donors (Lipinski definition) is 3. The summed E-state index contributed by atoms with van der Waals surface area (Å²) in [6, 6.07) is 9.07. The average molecular weight is 386 g/mol. The molecule has 0 radical (unpaired) electrons. The number of carbonyl (C=O) groups excluding carboxylic acids is 2. The molecule has 2 aromatic rings. The number of carbonyl (C=O) groups is 2. The van der Waals surface area contributed by atoms with E-state index in [0.717, 1.165) is 0 Å². The first-order chi connectivity index (χ1) is 13.3. The summed E-state index contributed by atoms with van der Waals surface area (Å²) in [5, 5.41) is 29.2. The van der Waals surface area contributed by atoms with Crippen LogP contribution in [-0.4, -0.2) is 47.2 Å². The monoisotopic (exact) mass is 386 g/mol. The molecule has 28 heavy (non-hydrogen) atoms. The molecular formula is C21H22O7. The molecule has 3 N–H and O–H groups in total. The van der Waals surface area contributed by atoms with Gasteiger partial charge in [-0.15, -0.1) is 0 Å². The van der Waals surface area contributed by atoms with Crippen molar-refractivity contribution in [2.45, 2.75) is 18.9 Å². The predicted octanol–water partition coefficient (Wildman–Crippen LogP) is 2.26. The zero-order valence-corrected chi connectivity index (χ0v) is 15.6. The summed E-state index contributed by atoms with van der Waals surface area (Å²) < 4.78 is 9.97. The lowest BCUT2D eigenvalue weighted by atomic mass is 10.0. The molecule has 0 aliphatic carbocycles. The largest absolute Gasteiger partial charge is 0.504 e. The molecule has 0 saturated carbocycles.